The van der Waals surface area contributed by atoms with Crippen LogP contribution in [0.4, 0.5) is 0 Å². The molecule has 48 heavy (non-hydrogen) atoms. The van der Waals surface area contributed by atoms with Crippen molar-refractivity contribution in [3.63, 3.8) is 0 Å². The molecule has 0 aliphatic heterocycles. The Hall–Kier alpha value is -5.50. The maximum absolute atomic E-state index is 2.48. The number of hydrogen-bond acceptors (Lipinski definition) is 1. The van der Waals surface area contributed by atoms with Gasteiger partial charge in [0.1, 0.15) is 0 Å². The van der Waals surface area contributed by atoms with Gasteiger partial charge in [-0.15, -0.1) is 11.3 Å². The van der Waals surface area contributed by atoms with Crippen molar-refractivity contribution in [1.82, 2.24) is 0 Å². The van der Waals surface area contributed by atoms with Crippen LogP contribution in [0.25, 0.3) is 86.2 Å². The van der Waals surface area contributed by atoms with Crippen molar-refractivity contribution in [2.24, 2.45) is 0 Å². The Morgan fingerprint density at radius 3 is 1.56 bits per heavy atom. The fourth-order valence-corrected chi connectivity index (χ4v) is 9.97. The average molecular weight is 629 g/mol. The van der Waals surface area contributed by atoms with E-state index < -0.39 is 0 Å². The minimum Gasteiger partial charge on any atom is -0.135 e. The maximum Gasteiger partial charge on any atom is 0.0408 e. The normalized spacial score (nSPS) is 13.4. The molecule has 9 aromatic rings. The molecule has 0 unspecified atom stereocenters. The summed E-state index contributed by atoms with van der Waals surface area (Å²) in [6.45, 7) is 4.79. The van der Waals surface area contributed by atoms with Crippen molar-refractivity contribution >= 4 is 53.1 Å². The van der Waals surface area contributed by atoms with E-state index in [1.807, 2.05) is 11.3 Å². The van der Waals surface area contributed by atoms with Crippen LogP contribution in [0.5, 0.6) is 0 Å². The number of hydrogen-bond donors (Lipinski definition) is 0. The Morgan fingerprint density at radius 1 is 0.417 bits per heavy atom. The Balaban J connectivity index is 1.22. The van der Waals surface area contributed by atoms with E-state index in [4.69, 9.17) is 0 Å². The van der Waals surface area contributed by atoms with E-state index in [-0.39, 0.29) is 5.41 Å². The molecule has 0 saturated carbocycles. The second kappa shape index (κ2) is 10.2. The molecule has 0 bridgehead atoms. The highest BCUT2D eigenvalue weighted by Gasteiger charge is 2.38. The molecule has 0 spiro atoms. The Bertz CT molecular complexity index is 2670. The lowest BCUT2D eigenvalue weighted by molar-refractivity contribution is 0.667. The van der Waals surface area contributed by atoms with Gasteiger partial charge in [-0.25, -0.2) is 0 Å². The van der Waals surface area contributed by atoms with E-state index >= 15 is 0 Å². The molecule has 0 N–H and O–H groups in total. The summed E-state index contributed by atoms with van der Waals surface area (Å²) >= 11 is 1.95. The summed E-state index contributed by atoms with van der Waals surface area (Å²) in [5.41, 5.74) is 13.2. The zero-order chi connectivity index (χ0) is 32.0. The van der Waals surface area contributed by atoms with Gasteiger partial charge in [-0.1, -0.05) is 159 Å². The maximum atomic E-state index is 2.48. The van der Waals surface area contributed by atoms with E-state index in [0.29, 0.717) is 0 Å². The topological polar surface area (TPSA) is 0 Å². The second-order valence-corrected chi connectivity index (χ2v) is 14.7. The fourth-order valence-electron chi connectivity index (χ4n) is 8.53. The molecule has 0 atom stereocenters. The van der Waals surface area contributed by atoms with E-state index in [1.165, 1.54) is 97.4 Å². The predicted molar refractivity (Wildman–Crippen MR) is 208 cm³/mol. The van der Waals surface area contributed by atoms with Crippen molar-refractivity contribution in [3.8, 4) is 44.5 Å². The molecule has 0 fully saturated rings. The zero-order valence-corrected chi connectivity index (χ0v) is 27.7. The molecule has 1 aromatic heterocycles. The van der Waals surface area contributed by atoms with Crippen molar-refractivity contribution in [1.29, 1.82) is 0 Å². The molecule has 0 radical (unpaired) electrons. The van der Waals surface area contributed by atoms with E-state index in [0.717, 1.165) is 0 Å². The summed E-state index contributed by atoms with van der Waals surface area (Å²) in [6.07, 6.45) is 0. The van der Waals surface area contributed by atoms with Gasteiger partial charge >= 0.3 is 0 Å². The first kappa shape index (κ1) is 27.6. The molecule has 0 nitrogen and oxygen atoms in total. The highest BCUT2D eigenvalue weighted by molar-refractivity contribution is 7.26. The van der Waals surface area contributed by atoms with E-state index in [9.17, 15) is 0 Å². The zero-order valence-electron chi connectivity index (χ0n) is 26.9. The average Bonchev–Trinajstić information content (AvgIpc) is 3.63. The van der Waals surface area contributed by atoms with Crippen LogP contribution in [0.2, 0.25) is 0 Å². The lowest BCUT2D eigenvalue weighted by Crippen LogP contribution is -2.15. The summed E-state index contributed by atoms with van der Waals surface area (Å²) < 4.78 is 2.77. The van der Waals surface area contributed by atoms with Crippen LogP contribution in [0.1, 0.15) is 25.0 Å². The van der Waals surface area contributed by atoms with Crippen LogP contribution in [0.15, 0.2) is 158 Å². The molecular formula is C47H32S. The van der Waals surface area contributed by atoms with Gasteiger partial charge in [0.25, 0.3) is 0 Å². The highest BCUT2D eigenvalue weighted by atomic mass is 32.1. The van der Waals surface area contributed by atoms with Crippen molar-refractivity contribution in [2.75, 3.05) is 0 Å². The molecule has 226 valence electrons. The monoisotopic (exact) mass is 628 g/mol. The molecule has 1 aliphatic rings. The molecular weight excluding hydrogens is 597 g/mol. The SMILES string of the molecule is CC1(C)c2ccccc2-c2cc(-c3ccc(-c4c5ccccc5c(-c5ccccc5)c5ccccc45)cc3)c3c(sc4ccccc43)c21. The fraction of sp³-hybridized carbons (Fsp3) is 0.0638. The first-order valence-corrected chi connectivity index (χ1v) is 17.6. The first-order chi connectivity index (χ1) is 23.6. The predicted octanol–water partition coefficient (Wildman–Crippen LogP) is 13.7. The third-order valence-corrected chi connectivity index (χ3v) is 11.8. The largest absolute Gasteiger partial charge is 0.135 e. The van der Waals surface area contributed by atoms with Crippen LogP contribution in [-0.2, 0) is 5.41 Å². The minimum absolute atomic E-state index is 0.0541. The molecule has 1 heteroatoms. The minimum atomic E-state index is -0.0541. The van der Waals surface area contributed by atoms with Gasteiger partial charge in [0.05, 0.1) is 0 Å². The summed E-state index contributed by atoms with van der Waals surface area (Å²) in [6, 6.07) is 58.5. The summed E-state index contributed by atoms with van der Waals surface area (Å²) in [7, 11) is 0. The summed E-state index contributed by atoms with van der Waals surface area (Å²) in [5.74, 6) is 0. The van der Waals surface area contributed by atoms with Gasteiger partial charge in [-0.05, 0) is 89.3 Å². The Kier molecular flexibility index (Phi) is 5.89. The molecule has 10 rings (SSSR count). The van der Waals surface area contributed by atoms with Crippen molar-refractivity contribution < 1.29 is 0 Å². The Labute approximate surface area is 284 Å². The summed E-state index contributed by atoms with van der Waals surface area (Å²) in [5, 5.41) is 7.86. The smallest absolute Gasteiger partial charge is 0.0408 e. The van der Waals surface area contributed by atoms with Gasteiger partial charge in [0, 0.05) is 25.6 Å². The van der Waals surface area contributed by atoms with Gasteiger partial charge in [-0.2, -0.15) is 0 Å². The van der Waals surface area contributed by atoms with Crippen molar-refractivity contribution in [2.45, 2.75) is 19.3 Å². The third-order valence-electron chi connectivity index (χ3n) is 10.6. The quantitative estimate of drug-likeness (QED) is 0.171. The number of thiophene rings is 1. The van der Waals surface area contributed by atoms with Crippen LogP contribution in [-0.4, -0.2) is 0 Å². The molecule has 0 saturated heterocycles. The van der Waals surface area contributed by atoms with Crippen LogP contribution < -0.4 is 0 Å². The third kappa shape index (κ3) is 3.83. The van der Waals surface area contributed by atoms with E-state index in [1.54, 1.807) is 0 Å². The van der Waals surface area contributed by atoms with Gasteiger partial charge in [0.2, 0.25) is 0 Å². The molecule has 8 aromatic carbocycles. The summed E-state index contributed by atoms with van der Waals surface area (Å²) in [4.78, 5) is 0. The standard InChI is InChI=1S/C47H32S/c1-47(2)40-22-12-10-16-32(40)39-28-38(44-37-21-11-13-23-41(37)48-46(44)45(39)47)29-24-26-31(27-25-29)43-35-19-8-6-17-33(35)42(30-14-4-3-5-15-30)34-18-7-9-20-36(34)43/h3-28H,1-2H3. The first-order valence-electron chi connectivity index (χ1n) is 16.8. The number of fused-ring (bicyclic) bond motifs is 9. The molecule has 1 aliphatic carbocycles. The van der Waals surface area contributed by atoms with Gasteiger partial charge < -0.3 is 0 Å². The van der Waals surface area contributed by atoms with Crippen LogP contribution >= 0.6 is 11.3 Å². The van der Waals surface area contributed by atoms with Crippen LogP contribution in [0, 0.1) is 0 Å². The molecule has 0 amide bonds. The lowest BCUT2D eigenvalue weighted by Gasteiger charge is -2.22. The number of rotatable bonds is 3. The molecule has 1 heterocycles. The van der Waals surface area contributed by atoms with E-state index in [2.05, 4.69) is 172 Å². The van der Waals surface area contributed by atoms with Crippen LogP contribution in [0.3, 0.4) is 0 Å². The van der Waals surface area contributed by atoms with Crippen molar-refractivity contribution in [3.05, 3.63) is 169 Å². The Morgan fingerprint density at radius 2 is 0.917 bits per heavy atom. The second-order valence-electron chi connectivity index (χ2n) is 13.6. The van der Waals surface area contributed by atoms with Gasteiger partial charge in [-0.3, -0.25) is 0 Å². The highest BCUT2D eigenvalue weighted by Crippen LogP contribution is 2.56. The lowest BCUT2D eigenvalue weighted by atomic mass is 9.81. The number of benzene rings is 8. The van der Waals surface area contributed by atoms with Gasteiger partial charge in [0.15, 0.2) is 0 Å².